The van der Waals surface area contributed by atoms with Gasteiger partial charge in [-0.2, -0.15) is 0 Å². The van der Waals surface area contributed by atoms with Gasteiger partial charge in [0.25, 0.3) is 0 Å². The molecule has 2 aromatic heterocycles. The summed E-state index contributed by atoms with van der Waals surface area (Å²) in [5, 5.41) is 8.23. The number of carbonyl (C=O) groups excluding carboxylic acids is 1. The summed E-state index contributed by atoms with van der Waals surface area (Å²) < 4.78 is 1.86. The predicted molar refractivity (Wildman–Crippen MR) is 118 cm³/mol. The maximum Gasteiger partial charge on any atom is 0.227 e. The number of anilines is 2. The Morgan fingerprint density at radius 2 is 1.80 bits per heavy atom. The summed E-state index contributed by atoms with van der Waals surface area (Å²) in [6.45, 7) is 2.92. The van der Waals surface area contributed by atoms with E-state index in [1.807, 2.05) is 70.2 Å². The second-order valence-electron chi connectivity index (χ2n) is 7.60. The van der Waals surface area contributed by atoms with E-state index >= 15 is 0 Å². The van der Waals surface area contributed by atoms with Crippen molar-refractivity contribution >= 4 is 23.1 Å². The lowest BCUT2D eigenvalue weighted by Crippen LogP contribution is -2.23. The van der Waals surface area contributed by atoms with Gasteiger partial charge in [-0.3, -0.25) is 4.79 Å². The average Bonchev–Trinajstić information content (AvgIpc) is 3.40. The van der Waals surface area contributed by atoms with E-state index in [1.165, 1.54) is 5.56 Å². The molecular formula is C24H23N5O. The molecule has 6 nitrogen and oxygen atoms in total. The number of hydrogen-bond donors (Lipinski definition) is 1. The lowest BCUT2D eigenvalue weighted by molar-refractivity contribution is -0.117. The number of nitrogens with one attached hydrogen (secondary N) is 1. The summed E-state index contributed by atoms with van der Waals surface area (Å²) in [4.78, 5) is 18.3. The molecule has 0 aliphatic carbocycles. The molecule has 1 N–H and O–H groups in total. The van der Waals surface area contributed by atoms with Crippen LogP contribution >= 0.6 is 0 Å². The predicted octanol–water partition coefficient (Wildman–Crippen LogP) is 4.70. The number of aromatic nitrogens is 3. The van der Waals surface area contributed by atoms with E-state index in [0.717, 1.165) is 41.4 Å². The summed E-state index contributed by atoms with van der Waals surface area (Å²) in [6, 6.07) is 22.4. The number of imidazole rings is 1. The van der Waals surface area contributed by atoms with Crippen molar-refractivity contribution in [2.75, 3.05) is 16.8 Å². The van der Waals surface area contributed by atoms with Gasteiger partial charge in [0.05, 0.1) is 11.9 Å². The Hall–Kier alpha value is -3.67. The van der Waals surface area contributed by atoms with Crippen molar-refractivity contribution < 1.29 is 4.79 Å². The van der Waals surface area contributed by atoms with Crippen LogP contribution in [0.2, 0.25) is 0 Å². The first-order valence-corrected chi connectivity index (χ1v) is 10.3. The molecule has 2 aromatic carbocycles. The van der Waals surface area contributed by atoms with Crippen molar-refractivity contribution in [3.8, 4) is 11.3 Å². The van der Waals surface area contributed by atoms with Gasteiger partial charge >= 0.3 is 0 Å². The molecular weight excluding hydrogens is 374 g/mol. The number of carbonyl (C=O) groups is 1. The van der Waals surface area contributed by atoms with Crippen LogP contribution < -0.4 is 10.2 Å². The van der Waals surface area contributed by atoms with Gasteiger partial charge in [0.2, 0.25) is 5.91 Å². The van der Waals surface area contributed by atoms with Crippen molar-refractivity contribution in [1.29, 1.82) is 0 Å². The summed E-state index contributed by atoms with van der Waals surface area (Å²) in [5.41, 5.74) is 4.88. The summed E-state index contributed by atoms with van der Waals surface area (Å²) in [6.07, 6.45) is 3.40. The molecule has 150 valence electrons. The standard InChI is InChI=1S/C24H23N5O/c1-17(18-6-3-2-4-7-18)26-22-13-14-23-25-16-21(29(23)27-22)19-9-11-20(12-10-19)28-15-5-8-24(28)30/h2-4,6-7,9-14,16-17H,5,8,15H2,1H3,(H,26,27)/t17-/m1/s1. The highest BCUT2D eigenvalue weighted by Crippen LogP contribution is 2.27. The SMILES string of the molecule is C[C@@H](Nc1ccc2ncc(-c3ccc(N4CCCC4=O)cc3)n2n1)c1ccccc1. The molecule has 5 rings (SSSR count). The summed E-state index contributed by atoms with van der Waals surface area (Å²) in [7, 11) is 0. The minimum atomic E-state index is 0.139. The van der Waals surface area contributed by atoms with E-state index in [2.05, 4.69) is 29.4 Å². The molecule has 3 heterocycles. The average molecular weight is 397 g/mol. The van der Waals surface area contributed by atoms with Crippen LogP contribution in [0.25, 0.3) is 16.9 Å². The van der Waals surface area contributed by atoms with E-state index in [0.29, 0.717) is 6.42 Å². The zero-order chi connectivity index (χ0) is 20.5. The molecule has 0 radical (unpaired) electrons. The molecule has 0 unspecified atom stereocenters. The minimum absolute atomic E-state index is 0.139. The largest absolute Gasteiger partial charge is 0.362 e. The minimum Gasteiger partial charge on any atom is -0.362 e. The first kappa shape index (κ1) is 18.4. The van der Waals surface area contributed by atoms with E-state index in [9.17, 15) is 4.79 Å². The number of nitrogens with zero attached hydrogens (tertiary/aromatic N) is 4. The van der Waals surface area contributed by atoms with Gasteiger partial charge in [-0.1, -0.05) is 42.5 Å². The highest BCUT2D eigenvalue weighted by molar-refractivity contribution is 5.95. The molecule has 0 spiro atoms. The third-order valence-electron chi connectivity index (χ3n) is 5.57. The highest BCUT2D eigenvalue weighted by Gasteiger charge is 2.21. The zero-order valence-corrected chi connectivity index (χ0v) is 16.8. The molecule has 0 bridgehead atoms. The van der Waals surface area contributed by atoms with Gasteiger partial charge in [-0.25, -0.2) is 9.50 Å². The van der Waals surface area contributed by atoms with Crippen LogP contribution in [0.15, 0.2) is 72.9 Å². The topological polar surface area (TPSA) is 62.5 Å². The van der Waals surface area contributed by atoms with E-state index < -0.39 is 0 Å². The Morgan fingerprint density at radius 3 is 2.53 bits per heavy atom. The van der Waals surface area contributed by atoms with Crippen LogP contribution in [0, 0.1) is 0 Å². The van der Waals surface area contributed by atoms with Gasteiger partial charge in [0, 0.05) is 30.3 Å². The Balaban J connectivity index is 1.42. The maximum absolute atomic E-state index is 12.0. The van der Waals surface area contributed by atoms with Crippen molar-refractivity contribution in [2.45, 2.75) is 25.8 Å². The van der Waals surface area contributed by atoms with Gasteiger partial charge in [0.15, 0.2) is 5.65 Å². The Morgan fingerprint density at radius 1 is 1.00 bits per heavy atom. The van der Waals surface area contributed by atoms with Crippen LogP contribution in [0.3, 0.4) is 0 Å². The van der Waals surface area contributed by atoms with Crippen LogP contribution in [0.5, 0.6) is 0 Å². The number of hydrogen-bond acceptors (Lipinski definition) is 4. The molecule has 1 saturated heterocycles. The van der Waals surface area contributed by atoms with Gasteiger partial charge in [0.1, 0.15) is 5.82 Å². The molecule has 1 amide bonds. The smallest absolute Gasteiger partial charge is 0.227 e. The molecule has 0 saturated carbocycles. The van der Waals surface area contributed by atoms with E-state index in [4.69, 9.17) is 5.10 Å². The highest BCUT2D eigenvalue weighted by atomic mass is 16.2. The molecule has 1 fully saturated rings. The fourth-order valence-electron chi connectivity index (χ4n) is 3.93. The zero-order valence-electron chi connectivity index (χ0n) is 16.8. The Labute approximate surface area is 175 Å². The van der Waals surface area contributed by atoms with E-state index in [1.54, 1.807) is 0 Å². The van der Waals surface area contributed by atoms with E-state index in [-0.39, 0.29) is 11.9 Å². The third-order valence-corrected chi connectivity index (χ3v) is 5.57. The number of fused-ring (bicyclic) bond motifs is 1. The van der Waals surface area contributed by atoms with Crippen molar-refractivity contribution in [2.24, 2.45) is 0 Å². The van der Waals surface area contributed by atoms with Crippen LogP contribution in [0.1, 0.15) is 31.4 Å². The quantitative estimate of drug-likeness (QED) is 0.530. The fraction of sp³-hybridized carbons (Fsp3) is 0.208. The van der Waals surface area contributed by atoms with Crippen molar-refractivity contribution in [3.05, 3.63) is 78.5 Å². The number of amides is 1. The third kappa shape index (κ3) is 3.41. The number of rotatable bonds is 5. The van der Waals surface area contributed by atoms with Gasteiger partial charge in [-0.05, 0) is 43.2 Å². The number of benzene rings is 2. The summed E-state index contributed by atoms with van der Waals surface area (Å²) in [5.74, 6) is 0.986. The van der Waals surface area contributed by atoms with Gasteiger partial charge < -0.3 is 10.2 Å². The first-order valence-electron chi connectivity index (χ1n) is 10.3. The Kier molecular flexibility index (Phi) is 4.67. The second-order valence-corrected chi connectivity index (χ2v) is 7.60. The lowest BCUT2D eigenvalue weighted by atomic mass is 10.1. The molecule has 1 atom stereocenters. The van der Waals surface area contributed by atoms with Gasteiger partial charge in [-0.15, -0.1) is 5.10 Å². The molecule has 30 heavy (non-hydrogen) atoms. The second kappa shape index (κ2) is 7.63. The molecule has 1 aliphatic heterocycles. The van der Waals surface area contributed by atoms with Crippen molar-refractivity contribution in [1.82, 2.24) is 14.6 Å². The van der Waals surface area contributed by atoms with Crippen LogP contribution in [0.4, 0.5) is 11.5 Å². The monoisotopic (exact) mass is 397 g/mol. The summed E-state index contributed by atoms with van der Waals surface area (Å²) >= 11 is 0. The van der Waals surface area contributed by atoms with Crippen LogP contribution in [-0.4, -0.2) is 27.0 Å². The lowest BCUT2D eigenvalue weighted by Gasteiger charge is -2.16. The van der Waals surface area contributed by atoms with Crippen LogP contribution in [-0.2, 0) is 4.79 Å². The normalized spacial score (nSPS) is 15.0. The Bertz CT molecular complexity index is 1180. The fourth-order valence-corrected chi connectivity index (χ4v) is 3.93. The first-order chi connectivity index (χ1) is 14.7. The maximum atomic E-state index is 12.0. The van der Waals surface area contributed by atoms with Crippen molar-refractivity contribution in [3.63, 3.8) is 0 Å². The molecule has 1 aliphatic rings. The molecule has 4 aromatic rings. The molecule has 6 heteroatoms.